The van der Waals surface area contributed by atoms with Gasteiger partial charge in [0.1, 0.15) is 5.78 Å². The second kappa shape index (κ2) is 9.28. The zero-order valence-corrected chi connectivity index (χ0v) is 17.2. The summed E-state index contributed by atoms with van der Waals surface area (Å²) in [6.45, 7) is 4.67. The molecule has 0 spiro atoms. The molecular weight excluding hydrogens is 414 g/mol. The maximum absolute atomic E-state index is 13.3. The van der Waals surface area contributed by atoms with Gasteiger partial charge in [-0.15, -0.1) is 0 Å². The number of alkyl halides is 3. The van der Waals surface area contributed by atoms with Crippen molar-refractivity contribution in [3.8, 4) is 0 Å². The molecule has 1 aromatic rings. The van der Waals surface area contributed by atoms with Gasteiger partial charge in [0.25, 0.3) is 0 Å². The van der Waals surface area contributed by atoms with Gasteiger partial charge in [0, 0.05) is 5.69 Å². The van der Waals surface area contributed by atoms with Crippen molar-refractivity contribution in [2.45, 2.75) is 45.6 Å². The van der Waals surface area contributed by atoms with Gasteiger partial charge in [-0.2, -0.15) is 13.2 Å². The Morgan fingerprint density at radius 2 is 1.76 bits per heavy atom. The minimum Gasteiger partial charge on any atom is -0.459 e. The molecule has 1 aliphatic rings. The van der Waals surface area contributed by atoms with E-state index in [0.717, 1.165) is 23.1 Å². The van der Waals surface area contributed by atoms with E-state index in [4.69, 9.17) is 13.8 Å². The van der Waals surface area contributed by atoms with Crippen LogP contribution in [0.4, 0.5) is 18.9 Å². The Morgan fingerprint density at radius 1 is 1.14 bits per heavy atom. The molecule has 0 saturated heterocycles. The standard InChI is InChI=1S/C18H23F3NO6P/c1-4-26-17(24)16(23)22-14-9-8-13(18(19,20)21)11-12(14)7-10-15(22)29(25,27-5-2)28-6-3/h8-9,11,15H,4-7,10H2,1-3H3. The van der Waals surface area contributed by atoms with Gasteiger partial charge >= 0.3 is 25.6 Å². The van der Waals surface area contributed by atoms with E-state index in [1.807, 2.05) is 0 Å². The molecule has 1 unspecified atom stereocenters. The van der Waals surface area contributed by atoms with Crippen molar-refractivity contribution in [2.24, 2.45) is 0 Å². The number of amides is 1. The van der Waals surface area contributed by atoms with Crippen molar-refractivity contribution < 1.29 is 41.1 Å². The van der Waals surface area contributed by atoms with Crippen LogP contribution in [0.2, 0.25) is 0 Å². The molecule has 0 saturated carbocycles. The van der Waals surface area contributed by atoms with Crippen molar-refractivity contribution in [1.82, 2.24) is 0 Å². The average Bonchev–Trinajstić information content (AvgIpc) is 2.65. The number of carbonyl (C=O) groups excluding carboxylic acids is 2. The predicted molar refractivity (Wildman–Crippen MR) is 98.5 cm³/mol. The summed E-state index contributed by atoms with van der Waals surface area (Å²) in [6, 6.07) is 2.81. The highest BCUT2D eigenvalue weighted by Gasteiger charge is 2.47. The van der Waals surface area contributed by atoms with E-state index < -0.39 is 37.0 Å². The molecule has 1 heterocycles. The topological polar surface area (TPSA) is 82.1 Å². The fourth-order valence-electron chi connectivity index (χ4n) is 3.18. The first kappa shape index (κ1) is 23.4. The first-order chi connectivity index (χ1) is 13.6. The van der Waals surface area contributed by atoms with Crippen molar-refractivity contribution in [3.63, 3.8) is 0 Å². The summed E-state index contributed by atoms with van der Waals surface area (Å²) in [5.41, 5.74) is -0.628. The molecule has 1 aromatic carbocycles. The molecule has 0 aromatic heterocycles. The summed E-state index contributed by atoms with van der Waals surface area (Å²) in [6.07, 6.45) is -4.47. The highest BCUT2D eigenvalue weighted by molar-refractivity contribution is 7.54. The number of hydrogen-bond acceptors (Lipinski definition) is 6. The molecule has 0 aliphatic carbocycles. The molecule has 162 valence electrons. The third kappa shape index (κ3) is 4.99. The Morgan fingerprint density at radius 3 is 2.28 bits per heavy atom. The van der Waals surface area contributed by atoms with Crippen LogP contribution in [0.15, 0.2) is 18.2 Å². The van der Waals surface area contributed by atoms with Gasteiger partial charge in [-0.1, -0.05) is 0 Å². The monoisotopic (exact) mass is 437 g/mol. The fraction of sp³-hybridized carbons (Fsp3) is 0.556. The van der Waals surface area contributed by atoms with E-state index in [1.165, 1.54) is 6.92 Å². The molecular formula is C18H23F3NO6P. The van der Waals surface area contributed by atoms with E-state index in [-0.39, 0.29) is 43.9 Å². The number of aryl methyl sites for hydroxylation is 1. The van der Waals surface area contributed by atoms with Gasteiger partial charge in [-0.25, -0.2) is 4.79 Å². The highest BCUT2D eigenvalue weighted by atomic mass is 31.2. The quantitative estimate of drug-likeness (QED) is 0.378. The lowest BCUT2D eigenvalue weighted by atomic mass is 9.98. The third-order valence-electron chi connectivity index (χ3n) is 4.29. The molecule has 1 aliphatic heterocycles. The Labute approximate surface area is 166 Å². The number of esters is 1. The van der Waals surface area contributed by atoms with Crippen molar-refractivity contribution >= 4 is 25.2 Å². The van der Waals surface area contributed by atoms with Crippen LogP contribution < -0.4 is 4.90 Å². The lowest BCUT2D eigenvalue weighted by Gasteiger charge is -2.39. The van der Waals surface area contributed by atoms with Gasteiger partial charge in [0.15, 0.2) is 0 Å². The number of ether oxygens (including phenoxy) is 1. The maximum atomic E-state index is 13.3. The summed E-state index contributed by atoms with van der Waals surface area (Å²) < 4.78 is 67.9. The molecule has 1 amide bonds. The van der Waals surface area contributed by atoms with Crippen molar-refractivity contribution in [1.29, 1.82) is 0 Å². The molecule has 0 fully saturated rings. The Bertz CT molecular complexity index is 803. The molecule has 1 atom stereocenters. The zero-order valence-electron chi connectivity index (χ0n) is 16.3. The van der Waals surface area contributed by atoms with Gasteiger partial charge in [-0.3, -0.25) is 14.3 Å². The van der Waals surface area contributed by atoms with Crippen LogP contribution in [-0.4, -0.2) is 37.5 Å². The minimum atomic E-state index is -4.56. The van der Waals surface area contributed by atoms with Crippen LogP contribution in [0.1, 0.15) is 38.3 Å². The Balaban J connectivity index is 2.58. The maximum Gasteiger partial charge on any atom is 0.416 e. The van der Waals surface area contributed by atoms with Crippen LogP contribution in [0, 0.1) is 0 Å². The van der Waals surface area contributed by atoms with Crippen LogP contribution in [-0.2, 0) is 40.5 Å². The van der Waals surface area contributed by atoms with Gasteiger partial charge in [0.2, 0.25) is 0 Å². The Kier molecular flexibility index (Phi) is 7.48. The molecule has 0 N–H and O–H groups in total. The van der Waals surface area contributed by atoms with E-state index in [9.17, 15) is 27.3 Å². The number of halogens is 3. The lowest BCUT2D eigenvalue weighted by Crippen LogP contribution is -2.48. The number of carbonyl (C=O) groups is 2. The van der Waals surface area contributed by atoms with E-state index >= 15 is 0 Å². The second-order valence-corrected chi connectivity index (χ2v) is 8.32. The second-order valence-electron chi connectivity index (χ2n) is 6.13. The molecule has 11 heteroatoms. The van der Waals surface area contributed by atoms with Gasteiger partial charge < -0.3 is 13.8 Å². The van der Waals surface area contributed by atoms with E-state index in [2.05, 4.69) is 0 Å². The summed E-state index contributed by atoms with van der Waals surface area (Å²) in [5, 5.41) is 0. The molecule has 29 heavy (non-hydrogen) atoms. The van der Waals surface area contributed by atoms with Crippen LogP contribution in [0.25, 0.3) is 0 Å². The zero-order chi connectivity index (χ0) is 21.8. The number of anilines is 1. The SMILES string of the molecule is CCOC(=O)C(=O)N1c2ccc(C(F)(F)F)cc2CCC1P(=O)(OCC)OCC. The summed E-state index contributed by atoms with van der Waals surface area (Å²) in [7, 11) is -3.89. The van der Waals surface area contributed by atoms with Crippen molar-refractivity contribution in [3.05, 3.63) is 29.3 Å². The number of hydrogen-bond donors (Lipinski definition) is 0. The predicted octanol–water partition coefficient (Wildman–Crippen LogP) is 4.14. The van der Waals surface area contributed by atoms with E-state index in [0.29, 0.717) is 0 Å². The van der Waals surface area contributed by atoms with Crippen LogP contribution >= 0.6 is 7.60 Å². The van der Waals surface area contributed by atoms with E-state index in [1.54, 1.807) is 13.8 Å². The van der Waals surface area contributed by atoms with Gasteiger partial charge in [0.05, 0.1) is 25.4 Å². The third-order valence-corrected chi connectivity index (χ3v) is 6.74. The number of rotatable bonds is 6. The smallest absolute Gasteiger partial charge is 0.416 e. The lowest BCUT2D eigenvalue weighted by molar-refractivity contribution is -0.153. The van der Waals surface area contributed by atoms with Crippen LogP contribution in [0.5, 0.6) is 0 Å². The summed E-state index contributed by atoms with van der Waals surface area (Å²) >= 11 is 0. The first-order valence-corrected chi connectivity index (χ1v) is 10.8. The largest absolute Gasteiger partial charge is 0.459 e. The first-order valence-electron chi connectivity index (χ1n) is 9.18. The molecule has 2 rings (SSSR count). The van der Waals surface area contributed by atoms with Gasteiger partial charge in [-0.05, 0) is 57.4 Å². The molecule has 0 bridgehead atoms. The molecule has 0 radical (unpaired) electrons. The average molecular weight is 437 g/mol. The summed E-state index contributed by atoms with van der Waals surface area (Å²) in [4.78, 5) is 25.8. The Hall–Kier alpha value is -1.90. The minimum absolute atomic E-state index is 0.00324. The fourth-order valence-corrected chi connectivity index (χ4v) is 5.27. The van der Waals surface area contributed by atoms with Crippen LogP contribution in [0.3, 0.4) is 0 Å². The highest BCUT2D eigenvalue weighted by Crippen LogP contribution is 2.58. The number of benzene rings is 1. The van der Waals surface area contributed by atoms with Crippen molar-refractivity contribution in [2.75, 3.05) is 24.7 Å². The number of nitrogens with zero attached hydrogens (tertiary/aromatic N) is 1. The summed E-state index contributed by atoms with van der Waals surface area (Å²) in [5.74, 6) is -3.51. The number of fused-ring (bicyclic) bond motifs is 1. The molecule has 7 nitrogen and oxygen atoms in total. The normalized spacial score (nSPS) is 17.0.